The molecule has 0 spiro atoms. The van der Waals surface area contributed by atoms with Gasteiger partial charge in [-0.15, -0.1) is 0 Å². The molecule has 1 aromatic rings. The zero-order valence-corrected chi connectivity index (χ0v) is 15.3. The smallest absolute Gasteiger partial charge is 0.340 e. The summed E-state index contributed by atoms with van der Waals surface area (Å²) in [6.07, 6.45) is 3.64. The van der Waals surface area contributed by atoms with Crippen molar-refractivity contribution in [2.24, 2.45) is 0 Å². The molecule has 2 aliphatic rings. The maximum Gasteiger partial charge on any atom is 0.340 e. The van der Waals surface area contributed by atoms with Gasteiger partial charge in [-0.2, -0.15) is 0 Å². The third-order valence-corrected chi connectivity index (χ3v) is 4.74. The monoisotopic (exact) mass is 357 g/mol. The Bertz CT molecular complexity index is 757. The fraction of sp³-hybridized carbons (Fsp3) is 0.400. The molecular weight excluding hydrogens is 334 g/mol. The van der Waals surface area contributed by atoms with Gasteiger partial charge < -0.3 is 19.1 Å². The van der Waals surface area contributed by atoms with Gasteiger partial charge in [0.05, 0.1) is 38.0 Å². The molecule has 1 saturated heterocycles. The summed E-state index contributed by atoms with van der Waals surface area (Å²) in [7, 11) is 2.92. The third kappa shape index (κ3) is 3.51. The molecule has 6 nitrogen and oxygen atoms in total. The van der Waals surface area contributed by atoms with Crippen molar-refractivity contribution in [3.63, 3.8) is 0 Å². The summed E-state index contributed by atoms with van der Waals surface area (Å²) in [4.78, 5) is 26.9. The van der Waals surface area contributed by atoms with Gasteiger partial charge in [0.25, 0.3) is 5.91 Å². The Morgan fingerprint density at radius 1 is 1.31 bits per heavy atom. The summed E-state index contributed by atoms with van der Waals surface area (Å²) in [5.74, 6) is 0.0180. The van der Waals surface area contributed by atoms with Crippen molar-refractivity contribution in [3.8, 4) is 5.75 Å². The molecule has 1 atom stereocenters. The number of rotatable bonds is 5. The van der Waals surface area contributed by atoms with Gasteiger partial charge in [-0.1, -0.05) is 12.1 Å². The van der Waals surface area contributed by atoms with Crippen molar-refractivity contribution in [2.75, 3.05) is 27.4 Å². The minimum Gasteiger partial charge on any atom is -0.497 e. The maximum atomic E-state index is 13.0. The van der Waals surface area contributed by atoms with E-state index in [1.165, 1.54) is 7.11 Å². The Kier molecular flexibility index (Phi) is 5.42. The van der Waals surface area contributed by atoms with Crippen molar-refractivity contribution in [2.45, 2.75) is 25.9 Å². The first kappa shape index (κ1) is 18.2. The molecule has 0 bridgehead atoms. The zero-order chi connectivity index (χ0) is 18.7. The molecule has 1 aromatic carbocycles. The second kappa shape index (κ2) is 7.74. The van der Waals surface area contributed by atoms with E-state index >= 15 is 0 Å². The third-order valence-electron chi connectivity index (χ3n) is 4.74. The fourth-order valence-electron chi connectivity index (χ4n) is 3.31. The van der Waals surface area contributed by atoms with Crippen LogP contribution in [0.4, 0.5) is 0 Å². The first-order chi connectivity index (χ1) is 12.5. The standard InChI is InChI=1S/C20H23NO5/c1-13-18(20(23)25-3)17(11-14-6-8-15(24-2)9-7-14)19(22)21(13)12-16-5-4-10-26-16/h6-9,11,16H,4-5,10,12H2,1-3H3/b17-11-/t16-/m0/s1. The Balaban J connectivity index is 1.94. The van der Waals surface area contributed by atoms with E-state index in [1.807, 2.05) is 24.3 Å². The number of hydrogen-bond donors (Lipinski definition) is 0. The summed E-state index contributed by atoms with van der Waals surface area (Å²) in [5, 5.41) is 0. The van der Waals surface area contributed by atoms with Crippen LogP contribution in [0.5, 0.6) is 5.75 Å². The van der Waals surface area contributed by atoms with Crippen LogP contribution in [-0.4, -0.2) is 50.3 Å². The van der Waals surface area contributed by atoms with Crippen LogP contribution in [0.2, 0.25) is 0 Å². The number of esters is 1. The minimum atomic E-state index is -0.509. The van der Waals surface area contributed by atoms with Crippen LogP contribution in [0.25, 0.3) is 6.08 Å². The van der Waals surface area contributed by atoms with E-state index in [9.17, 15) is 9.59 Å². The SMILES string of the molecule is COC(=O)C1=C(C)N(C[C@@H]2CCCO2)C(=O)/C1=C\c1ccc(OC)cc1. The molecule has 0 unspecified atom stereocenters. The van der Waals surface area contributed by atoms with Gasteiger partial charge in [0.2, 0.25) is 0 Å². The van der Waals surface area contributed by atoms with E-state index in [4.69, 9.17) is 14.2 Å². The molecular formula is C20H23NO5. The first-order valence-electron chi connectivity index (χ1n) is 8.64. The summed E-state index contributed by atoms with van der Waals surface area (Å²) < 4.78 is 15.7. The second-order valence-electron chi connectivity index (χ2n) is 6.33. The topological polar surface area (TPSA) is 65.1 Å². The van der Waals surface area contributed by atoms with Crippen molar-refractivity contribution in [3.05, 3.63) is 46.7 Å². The molecule has 1 fully saturated rings. The van der Waals surface area contributed by atoms with Crippen LogP contribution in [-0.2, 0) is 19.1 Å². The molecule has 0 radical (unpaired) electrons. The van der Waals surface area contributed by atoms with Crippen molar-refractivity contribution in [1.29, 1.82) is 0 Å². The van der Waals surface area contributed by atoms with E-state index in [0.717, 1.165) is 24.2 Å². The number of nitrogens with zero attached hydrogens (tertiary/aromatic N) is 1. The lowest BCUT2D eigenvalue weighted by atomic mass is 10.0. The summed E-state index contributed by atoms with van der Waals surface area (Å²) in [6.45, 7) is 2.94. The molecule has 2 aliphatic heterocycles. The van der Waals surface area contributed by atoms with E-state index in [1.54, 1.807) is 25.0 Å². The molecule has 6 heteroatoms. The highest BCUT2D eigenvalue weighted by atomic mass is 16.5. The molecule has 3 rings (SSSR count). The van der Waals surface area contributed by atoms with Crippen molar-refractivity contribution >= 4 is 18.0 Å². The van der Waals surface area contributed by atoms with Crippen LogP contribution in [0.3, 0.4) is 0 Å². The van der Waals surface area contributed by atoms with Crippen LogP contribution < -0.4 is 4.74 Å². The lowest BCUT2D eigenvalue weighted by Crippen LogP contribution is -2.33. The first-order valence-corrected chi connectivity index (χ1v) is 8.64. The second-order valence-corrected chi connectivity index (χ2v) is 6.33. The minimum absolute atomic E-state index is 0.00753. The number of allylic oxidation sites excluding steroid dienone is 1. The average Bonchev–Trinajstić information content (AvgIpc) is 3.25. The van der Waals surface area contributed by atoms with Gasteiger partial charge in [-0.25, -0.2) is 4.79 Å². The van der Waals surface area contributed by atoms with E-state index in [2.05, 4.69) is 0 Å². The summed E-state index contributed by atoms with van der Waals surface area (Å²) in [6, 6.07) is 7.30. The number of carbonyl (C=O) groups excluding carboxylic acids is 2. The summed E-state index contributed by atoms with van der Waals surface area (Å²) >= 11 is 0. The number of ether oxygens (including phenoxy) is 3. The predicted molar refractivity (Wildman–Crippen MR) is 96.4 cm³/mol. The number of carbonyl (C=O) groups is 2. The normalized spacial score (nSPS) is 21.7. The number of hydrogen-bond acceptors (Lipinski definition) is 5. The zero-order valence-electron chi connectivity index (χ0n) is 15.3. The molecule has 0 saturated carbocycles. The van der Waals surface area contributed by atoms with Gasteiger partial charge >= 0.3 is 5.97 Å². The van der Waals surface area contributed by atoms with Crippen molar-refractivity contribution in [1.82, 2.24) is 4.90 Å². The van der Waals surface area contributed by atoms with E-state index in [0.29, 0.717) is 30.0 Å². The Hall–Kier alpha value is -2.60. The van der Waals surface area contributed by atoms with Crippen LogP contribution >= 0.6 is 0 Å². The number of benzene rings is 1. The Labute approximate surface area is 153 Å². The largest absolute Gasteiger partial charge is 0.497 e. The fourth-order valence-corrected chi connectivity index (χ4v) is 3.31. The lowest BCUT2D eigenvalue weighted by molar-refractivity contribution is -0.136. The average molecular weight is 357 g/mol. The Morgan fingerprint density at radius 3 is 2.62 bits per heavy atom. The molecule has 138 valence electrons. The summed E-state index contributed by atoms with van der Waals surface area (Å²) in [5.41, 5.74) is 2.07. The van der Waals surface area contributed by atoms with Gasteiger partial charge in [0, 0.05) is 12.3 Å². The van der Waals surface area contributed by atoms with Crippen LogP contribution in [0, 0.1) is 0 Å². The van der Waals surface area contributed by atoms with Crippen LogP contribution in [0.15, 0.2) is 41.1 Å². The molecule has 2 heterocycles. The van der Waals surface area contributed by atoms with Gasteiger partial charge in [-0.3, -0.25) is 4.79 Å². The van der Waals surface area contributed by atoms with E-state index < -0.39 is 5.97 Å². The molecule has 26 heavy (non-hydrogen) atoms. The Morgan fingerprint density at radius 2 is 2.04 bits per heavy atom. The highest BCUT2D eigenvalue weighted by Crippen LogP contribution is 2.33. The molecule has 0 N–H and O–H groups in total. The van der Waals surface area contributed by atoms with Gasteiger partial charge in [0.1, 0.15) is 5.75 Å². The molecule has 0 aromatic heterocycles. The number of methoxy groups -OCH3 is 2. The quantitative estimate of drug-likeness (QED) is 0.599. The van der Waals surface area contributed by atoms with Crippen LogP contribution in [0.1, 0.15) is 25.3 Å². The number of amides is 1. The highest BCUT2D eigenvalue weighted by Gasteiger charge is 2.38. The molecule has 0 aliphatic carbocycles. The highest BCUT2D eigenvalue weighted by molar-refractivity contribution is 6.16. The van der Waals surface area contributed by atoms with Gasteiger partial charge in [-0.05, 0) is 43.5 Å². The predicted octanol–water partition coefficient (Wildman–Crippen LogP) is 2.55. The molecule has 1 amide bonds. The van der Waals surface area contributed by atoms with Crippen molar-refractivity contribution < 1.29 is 23.8 Å². The van der Waals surface area contributed by atoms with Gasteiger partial charge in [0.15, 0.2) is 0 Å². The lowest BCUT2D eigenvalue weighted by Gasteiger charge is -2.21. The maximum absolute atomic E-state index is 13.0. The van der Waals surface area contributed by atoms with E-state index in [-0.39, 0.29) is 12.0 Å².